The molecule has 0 atom stereocenters. The molecule has 0 aliphatic heterocycles. The van der Waals surface area contributed by atoms with E-state index in [9.17, 15) is 10.1 Å². The molecule has 0 aliphatic rings. The zero-order valence-electron chi connectivity index (χ0n) is 5.61. The number of rotatable bonds is 1. The fourth-order valence-electron chi connectivity index (χ4n) is 0.629. The number of hydrogen-bond donors (Lipinski definition) is 0. The molecule has 0 aromatic carbocycles. The number of halogens is 1. The maximum absolute atomic E-state index is 10.2. The van der Waals surface area contributed by atoms with Crippen LogP contribution in [0.15, 0.2) is 4.60 Å². The molecule has 1 heterocycles. The van der Waals surface area contributed by atoms with E-state index in [0.717, 1.165) is 0 Å². The summed E-state index contributed by atoms with van der Waals surface area (Å²) >= 11 is 2.97. The lowest BCUT2D eigenvalue weighted by molar-refractivity contribution is -0.396. The zero-order valence-corrected chi connectivity index (χ0v) is 7.20. The predicted octanol–water partition coefficient (Wildman–Crippen LogP) is -0.115. The zero-order chi connectivity index (χ0) is 8.59. The summed E-state index contributed by atoms with van der Waals surface area (Å²) in [6, 6.07) is 0. The third-order valence-electron chi connectivity index (χ3n) is 1.23. The Labute approximate surface area is 72.1 Å². The molecule has 0 saturated carbocycles. The molecular formula is C4H3BBrN3O2. The Bertz CT molecular complexity index is 311. The minimum atomic E-state index is -0.596. The molecule has 0 unspecified atom stereocenters. The van der Waals surface area contributed by atoms with Crippen LogP contribution < -0.4 is 5.59 Å². The molecule has 5 nitrogen and oxygen atoms in total. The molecule has 7 heteroatoms. The van der Waals surface area contributed by atoms with Gasteiger partial charge in [-0.15, -0.1) is 0 Å². The van der Waals surface area contributed by atoms with Crippen molar-refractivity contribution in [2.75, 3.05) is 0 Å². The molecule has 0 amide bonds. The second kappa shape index (κ2) is 2.65. The van der Waals surface area contributed by atoms with Crippen LogP contribution in [-0.2, 0) is 7.05 Å². The number of hydrogen-bond acceptors (Lipinski definition) is 3. The summed E-state index contributed by atoms with van der Waals surface area (Å²) in [5.41, 5.74) is 0.247. The fraction of sp³-hybridized carbons (Fsp3) is 0.250. The maximum atomic E-state index is 10.2. The van der Waals surface area contributed by atoms with Gasteiger partial charge in [-0.25, -0.2) is 4.57 Å². The molecule has 0 N–H and O–H groups in total. The van der Waals surface area contributed by atoms with Gasteiger partial charge in [0.25, 0.3) is 0 Å². The first kappa shape index (κ1) is 8.25. The van der Waals surface area contributed by atoms with E-state index in [2.05, 4.69) is 20.9 Å². The van der Waals surface area contributed by atoms with E-state index in [-0.39, 0.29) is 11.5 Å². The average Bonchev–Trinajstić information content (AvgIpc) is 2.17. The van der Waals surface area contributed by atoms with E-state index >= 15 is 0 Å². The van der Waals surface area contributed by atoms with E-state index in [1.165, 1.54) is 11.6 Å². The molecule has 0 saturated heterocycles. The summed E-state index contributed by atoms with van der Waals surface area (Å²) < 4.78 is 1.50. The molecule has 0 aliphatic carbocycles. The van der Waals surface area contributed by atoms with Crippen molar-refractivity contribution < 1.29 is 4.92 Å². The van der Waals surface area contributed by atoms with Gasteiger partial charge >= 0.3 is 5.95 Å². The lowest BCUT2D eigenvalue weighted by atomic mass is 10.1. The molecule has 0 fully saturated rings. The first-order valence-electron chi connectivity index (χ1n) is 2.66. The first-order chi connectivity index (χ1) is 5.04. The molecule has 1 rings (SSSR count). The van der Waals surface area contributed by atoms with Gasteiger partial charge in [0.1, 0.15) is 0 Å². The first-order valence-corrected chi connectivity index (χ1v) is 3.45. The summed E-state index contributed by atoms with van der Waals surface area (Å²) in [4.78, 5) is 13.2. The summed E-state index contributed by atoms with van der Waals surface area (Å²) in [6.45, 7) is 0. The van der Waals surface area contributed by atoms with Crippen LogP contribution in [0.3, 0.4) is 0 Å². The topological polar surface area (TPSA) is 61.0 Å². The average molecular weight is 216 g/mol. The molecule has 0 spiro atoms. The minimum Gasteiger partial charge on any atom is -0.390 e. The lowest BCUT2D eigenvalue weighted by Crippen LogP contribution is -2.15. The number of nitro groups is 1. The lowest BCUT2D eigenvalue weighted by Gasteiger charge is -1.93. The van der Waals surface area contributed by atoms with Crippen molar-refractivity contribution >= 4 is 35.3 Å². The second-order valence-electron chi connectivity index (χ2n) is 1.90. The molecule has 1 aromatic rings. The molecule has 1 aromatic heterocycles. The predicted molar refractivity (Wildman–Crippen MR) is 43.0 cm³/mol. The highest BCUT2D eigenvalue weighted by atomic mass is 79.9. The van der Waals surface area contributed by atoms with Crippen LogP contribution in [0, 0.1) is 10.1 Å². The van der Waals surface area contributed by atoms with Crippen molar-refractivity contribution in [3.8, 4) is 0 Å². The van der Waals surface area contributed by atoms with Crippen LogP contribution in [0.2, 0.25) is 0 Å². The summed E-state index contributed by atoms with van der Waals surface area (Å²) in [7, 11) is 6.87. The normalized spacial score (nSPS) is 10.0. The van der Waals surface area contributed by atoms with Gasteiger partial charge in [-0.3, -0.25) is 0 Å². The highest BCUT2D eigenvalue weighted by Crippen LogP contribution is 2.10. The quantitative estimate of drug-likeness (QED) is 0.373. The van der Waals surface area contributed by atoms with Crippen molar-refractivity contribution in [1.29, 1.82) is 0 Å². The van der Waals surface area contributed by atoms with Gasteiger partial charge in [-0.2, -0.15) is 0 Å². The third kappa shape index (κ3) is 1.28. The van der Waals surface area contributed by atoms with Crippen LogP contribution in [0.1, 0.15) is 0 Å². The highest BCUT2D eigenvalue weighted by molar-refractivity contribution is 9.10. The third-order valence-corrected chi connectivity index (χ3v) is 1.82. The van der Waals surface area contributed by atoms with Gasteiger partial charge in [0, 0.05) is 0 Å². The second-order valence-corrected chi connectivity index (χ2v) is 2.66. The molecule has 56 valence electrons. The van der Waals surface area contributed by atoms with Gasteiger partial charge in [0.15, 0.2) is 7.85 Å². The van der Waals surface area contributed by atoms with Gasteiger partial charge in [-0.05, 0) is 20.9 Å². The largest absolute Gasteiger partial charge is 0.434 e. The summed E-state index contributed by atoms with van der Waals surface area (Å²) in [6.07, 6.45) is 0. The van der Waals surface area contributed by atoms with Gasteiger partial charge in [0.2, 0.25) is 4.60 Å². The van der Waals surface area contributed by atoms with E-state index < -0.39 is 4.92 Å². The number of nitrogens with zero attached hydrogens (tertiary/aromatic N) is 3. The maximum Gasteiger partial charge on any atom is 0.434 e. The Morgan fingerprint density at radius 2 is 2.36 bits per heavy atom. The smallest absolute Gasteiger partial charge is 0.390 e. The number of aromatic nitrogens is 2. The van der Waals surface area contributed by atoms with E-state index in [4.69, 9.17) is 7.85 Å². The van der Waals surface area contributed by atoms with Gasteiger partial charge in [0.05, 0.1) is 12.6 Å². The van der Waals surface area contributed by atoms with E-state index in [1.807, 2.05) is 0 Å². The Morgan fingerprint density at radius 3 is 2.55 bits per heavy atom. The minimum absolute atomic E-state index is 0.247. The standard InChI is InChI=1S/C4H3BBrN3O2/c1-8-2(5)3(6)7-4(8)9(10)11/h1H3. The Morgan fingerprint density at radius 1 is 1.82 bits per heavy atom. The van der Waals surface area contributed by atoms with Crippen molar-refractivity contribution in [1.82, 2.24) is 9.55 Å². The van der Waals surface area contributed by atoms with Gasteiger partial charge < -0.3 is 10.1 Å². The molecule has 11 heavy (non-hydrogen) atoms. The Hall–Kier alpha value is -0.845. The SMILES string of the molecule is [B]c1c(Br)nc([N+](=O)[O-])n1C. The van der Waals surface area contributed by atoms with Crippen LogP contribution in [0.25, 0.3) is 0 Å². The van der Waals surface area contributed by atoms with E-state index in [1.54, 1.807) is 0 Å². The number of imidazole rings is 1. The van der Waals surface area contributed by atoms with Crippen molar-refractivity contribution in [3.05, 3.63) is 14.7 Å². The van der Waals surface area contributed by atoms with Crippen molar-refractivity contribution in [3.63, 3.8) is 0 Å². The Kier molecular flexibility index (Phi) is 1.99. The molecular weight excluding hydrogens is 213 g/mol. The van der Waals surface area contributed by atoms with Crippen LogP contribution in [0.4, 0.5) is 5.95 Å². The van der Waals surface area contributed by atoms with E-state index in [0.29, 0.717) is 4.60 Å². The molecule has 0 bridgehead atoms. The van der Waals surface area contributed by atoms with Crippen LogP contribution in [0.5, 0.6) is 0 Å². The molecule has 2 radical (unpaired) electrons. The fourth-order valence-corrected chi connectivity index (χ4v) is 1.05. The van der Waals surface area contributed by atoms with Gasteiger partial charge in [-0.1, -0.05) is 4.98 Å². The summed E-state index contributed by atoms with van der Waals surface area (Å²) in [5, 5.41) is 10.2. The Balaban J connectivity index is 3.29. The highest BCUT2D eigenvalue weighted by Gasteiger charge is 2.18. The monoisotopic (exact) mass is 215 g/mol. The van der Waals surface area contributed by atoms with Crippen molar-refractivity contribution in [2.24, 2.45) is 7.05 Å². The van der Waals surface area contributed by atoms with Crippen molar-refractivity contribution in [2.45, 2.75) is 0 Å². The van der Waals surface area contributed by atoms with Crippen LogP contribution in [-0.4, -0.2) is 22.3 Å². The summed E-state index contributed by atoms with van der Waals surface area (Å²) in [5.74, 6) is -0.269. The van der Waals surface area contributed by atoms with Crippen LogP contribution >= 0.6 is 15.9 Å².